The molecule has 0 unspecified atom stereocenters. The molecule has 24 heavy (non-hydrogen) atoms. The lowest BCUT2D eigenvalue weighted by Gasteiger charge is -2.09. The van der Waals surface area contributed by atoms with E-state index in [-0.39, 0.29) is 5.82 Å². The topological polar surface area (TPSA) is 41.9 Å². The van der Waals surface area contributed by atoms with Gasteiger partial charge in [-0.05, 0) is 42.0 Å². The highest BCUT2D eigenvalue weighted by molar-refractivity contribution is 7.80. The van der Waals surface area contributed by atoms with Gasteiger partial charge >= 0.3 is 0 Å². The molecule has 7 heteroatoms. The minimum Gasteiger partial charge on any atom is -0.331 e. The first-order valence-corrected chi connectivity index (χ1v) is 7.99. The largest absolute Gasteiger partial charge is 0.331 e. The Labute approximate surface area is 149 Å². The molecule has 0 aliphatic rings. The average Bonchev–Trinajstić information content (AvgIpc) is 2.99. The van der Waals surface area contributed by atoms with Crippen molar-refractivity contribution in [2.24, 2.45) is 0 Å². The van der Waals surface area contributed by atoms with Crippen LogP contribution < -0.4 is 10.6 Å². The molecule has 1 aromatic heterocycles. The van der Waals surface area contributed by atoms with Crippen molar-refractivity contribution in [3.8, 4) is 0 Å². The number of benzene rings is 2. The zero-order chi connectivity index (χ0) is 16.9. The molecule has 3 rings (SSSR count). The summed E-state index contributed by atoms with van der Waals surface area (Å²) in [7, 11) is 0. The van der Waals surface area contributed by atoms with E-state index >= 15 is 0 Å². The number of hydrogen-bond donors (Lipinski definition) is 2. The van der Waals surface area contributed by atoms with Crippen LogP contribution in [0.25, 0.3) is 0 Å². The Morgan fingerprint density at radius 3 is 2.58 bits per heavy atom. The number of aromatic nitrogens is 2. The zero-order valence-electron chi connectivity index (χ0n) is 12.5. The number of nitrogens with zero attached hydrogens (tertiary/aromatic N) is 2. The fraction of sp³-hybridized carbons (Fsp3) is 0.0588. The van der Waals surface area contributed by atoms with Crippen molar-refractivity contribution in [2.75, 3.05) is 10.6 Å². The van der Waals surface area contributed by atoms with Gasteiger partial charge in [0.2, 0.25) is 0 Å². The monoisotopic (exact) mass is 360 g/mol. The molecule has 0 spiro atoms. The normalized spacial score (nSPS) is 10.4. The fourth-order valence-electron chi connectivity index (χ4n) is 2.13. The molecule has 4 nitrogen and oxygen atoms in total. The third-order valence-electron chi connectivity index (χ3n) is 3.26. The third kappa shape index (κ3) is 4.31. The SMILES string of the molecule is Fc1ccc(Cn2ccc(NC(=S)Nc3ccccc3Cl)n2)cc1. The van der Waals surface area contributed by atoms with Crippen LogP contribution in [0, 0.1) is 5.82 Å². The van der Waals surface area contributed by atoms with Crippen molar-refractivity contribution in [1.82, 2.24) is 9.78 Å². The van der Waals surface area contributed by atoms with Crippen LogP contribution in [-0.4, -0.2) is 14.9 Å². The van der Waals surface area contributed by atoms with Gasteiger partial charge in [-0.3, -0.25) is 4.68 Å². The summed E-state index contributed by atoms with van der Waals surface area (Å²) in [4.78, 5) is 0. The van der Waals surface area contributed by atoms with Gasteiger partial charge < -0.3 is 10.6 Å². The van der Waals surface area contributed by atoms with Crippen LogP contribution in [0.4, 0.5) is 15.9 Å². The highest BCUT2D eigenvalue weighted by atomic mass is 35.5. The molecule has 1 heterocycles. The number of halogens is 2. The molecule has 122 valence electrons. The van der Waals surface area contributed by atoms with Crippen LogP contribution in [0.3, 0.4) is 0 Å². The van der Waals surface area contributed by atoms with Gasteiger partial charge in [-0.1, -0.05) is 35.9 Å². The standard InChI is InChI=1S/C17H14ClFN4S/c18-14-3-1-2-4-15(14)20-17(24)21-16-9-10-23(22-16)11-12-5-7-13(19)8-6-12/h1-10H,11H2,(H2,20,21,22,24). The number of nitrogens with one attached hydrogen (secondary N) is 2. The van der Waals surface area contributed by atoms with E-state index in [0.29, 0.717) is 22.5 Å². The second-order valence-electron chi connectivity index (χ2n) is 5.08. The number of rotatable bonds is 4. The van der Waals surface area contributed by atoms with E-state index in [9.17, 15) is 4.39 Å². The fourth-order valence-corrected chi connectivity index (χ4v) is 2.52. The highest BCUT2D eigenvalue weighted by Crippen LogP contribution is 2.20. The summed E-state index contributed by atoms with van der Waals surface area (Å²) in [6.07, 6.45) is 1.82. The maximum Gasteiger partial charge on any atom is 0.176 e. The molecule has 2 aromatic carbocycles. The van der Waals surface area contributed by atoms with Gasteiger partial charge in [0.25, 0.3) is 0 Å². The minimum atomic E-state index is -0.252. The van der Waals surface area contributed by atoms with Gasteiger partial charge in [0, 0.05) is 12.3 Å². The maximum absolute atomic E-state index is 12.9. The number of para-hydroxylation sites is 1. The second kappa shape index (κ2) is 7.42. The summed E-state index contributed by atoms with van der Waals surface area (Å²) in [5.41, 5.74) is 1.69. The summed E-state index contributed by atoms with van der Waals surface area (Å²) in [5.74, 6) is 0.360. The van der Waals surface area contributed by atoms with E-state index in [2.05, 4.69) is 15.7 Å². The minimum absolute atomic E-state index is 0.252. The van der Waals surface area contributed by atoms with E-state index in [4.69, 9.17) is 23.8 Å². The third-order valence-corrected chi connectivity index (χ3v) is 3.80. The van der Waals surface area contributed by atoms with Gasteiger partial charge in [-0.25, -0.2) is 4.39 Å². The summed E-state index contributed by atoms with van der Waals surface area (Å²) in [6, 6.07) is 15.5. The van der Waals surface area contributed by atoms with Gasteiger partial charge in [0.15, 0.2) is 10.9 Å². The molecule has 0 saturated heterocycles. The van der Waals surface area contributed by atoms with Crippen molar-refractivity contribution in [2.45, 2.75) is 6.54 Å². The van der Waals surface area contributed by atoms with Crippen molar-refractivity contribution < 1.29 is 4.39 Å². The summed E-state index contributed by atoms with van der Waals surface area (Å²) >= 11 is 11.3. The smallest absolute Gasteiger partial charge is 0.176 e. The molecule has 2 N–H and O–H groups in total. The Morgan fingerprint density at radius 2 is 1.83 bits per heavy atom. The first kappa shape index (κ1) is 16.4. The summed E-state index contributed by atoms with van der Waals surface area (Å²) < 4.78 is 14.7. The molecule has 0 aliphatic carbocycles. The Hall–Kier alpha value is -2.44. The van der Waals surface area contributed by atoms with Crippen LogP contribution in [-0.2, 0) is 6.54 Å². The van der Waals surface area contributed by atoms with E-state index in [1.165, 1.54) is 12.1 Å². The van der Waals surface area contributed by atoms with Crippen molar-refractivity contribution in [3.63, 3.8) is 0 Å². The number of thiocarbonyl (C=S) groups is 1. The van der Waals surface area contributed by atoms with Gasteiger partial charge in [0.1, 0.15) is 5.82 Å². The molecule has 0 amide bonds. The molecule has 0 fully saturated rings. The van der Waals surface area contributed by atoms with Gasteiger partial charge in [-0.2, -0.15) is 5.10 Å². The average molecular weight is 361 g/mol. The summed E-state index contributed by atoms with van der Waals surface area (Å²) in [5, 5.41) is 11.4. The van der Waals surface area contributed by atoms with Crippen LogP contribution in [0.5, 0.6) is 0 Å². The first-order chi connectivity index (χ1) is 11.6. The molecular weight excluding hydrogens is 347 g/mol. The van der Waals surface area contributed by atoms with E-state index in [0.717, 1.165) is 11.3 Å². The lowest BCUT2D eigenvalue weighted by Crippen LogP contribution is -2.19. The predicted octanol–water partition coefficient (Wildman–Crippen LogP) is 4.53. The number of hydrogen-bond acceptors (Lipinski definition) is 2. The van der Waals surface area contributed by atoms with Crippen LogP contribution in [0.15, 0.2) is 60.8 Å². The Bertz CT molecular complexity index is 848. The highest BCUT2D eigenvalue weighted by Gasteiger charge is 2.05. The first-order valence-electron chi connectivity index (χ1n) is 7.20. The van der Waals surface area contributed by atoms with Gasteiger partial charge in [0.05, 0.1) is 17.3 Å². The lowest BCUT2D eigenvalue weighted by atomic mass is 10.2. The van der Waals surface area contributed by atoms with Crippen LogP contribution >= 0.6 is 23.8 Å². The molecular formula is C17H14ClFN4S. The van der Waals surface area contributed by atoms with Crippen molar-refractivity contribution >= 4 is 40.4 Å². The van der Waals surface area contributed by atoms with Crippen LogP contribution in [0.1, 0.15) is 5.56 Å². The van der Waals surface area contributed by atoms with E-state index in [1.54, 1.807) is 22.9 Å². The van der Waals surface area contributed by atoms with E-state index in [1.807, 2.05) is 30.5 Å². The summed E-state index contributed by atoms with van der Waals surface area (Å²) in [6.45, 7) is 0.548. The van der Waals surface area contributed by atoms with Gasteiger partial charge in [-0.15, -0.1) is 0 Å². The zero-order valence-corrected chi connectivity index (χ0v) is 14.1. The molecule has 0 radical (unpaired) electrons. The Kier molecular flexibility index (Phi) is 5.08. The molecule has 0 saturated carbocycles. The predicted molar refractivity (Wildman–Crippen MR) is 99.0 cm³/mol. The molecule has 0 atom stereocenters. The quantitative estimate of drug-likeness (QED) is 0.671. The van der Waals surface area contributed by atoms with E-state index < -0.39 is 0 Å². The Morgan fingerprint density at radius 1 is 1.08 bits per heavy atom. The maximum atomic E-state index is 12.9. The molecule has 0 aliphatic heterocycles. The molecule has 0 bridgehead atoms. The van der Waals surface area contributed by atoms with Crippen LogP contribution in [0.2, 0.25) is 5.02 Å². The molecule has 3 aromatic rings. The number of anilines is 2. The Balaban J connectivity index is 1.60. The lowest BCUT2D eigenvalue weighted by molar-refractivity contribution is 0.624. The van der Waals surface area contributed by atoms with Crippen molar-refractivity contribution in [1.29, 1.82) is 0 Å². The van der Waals surface area contributed by atoms with Crippen molar-refractivity contribution in [3.05, 3.63) is 77.2 Å². The second-order valence-corrected chi connectivity index (χ2v) is 5.90.